The van der Waals surface area contributed by atoms with E-state index in [9.17, 15) is 4.79 Å². The van der Waals surface area contributed by atoms with Crippen molar-refractivity contribution in [3.8, 4) is 0 Å². The van der Waals surface area contributed by atoms with Gasteiger partial charge >= 0.3 is 6.03 Å². The summed E-state index contributed by atoms with van der Waals surface area (Å²) in [5, 5.41) is 3.60. The molecule has 0 bridgehead atoms. The Labute approximate surface area is 161 Å². The summed E-state index contributed by atoms with van der Waals surface area (Å²) in [4.78, 5) is 19.0. The highest BCUT2D eigenvalue weighted by molar-refractivity contribution is 6.31. The molecule has 142 valence electrons. The quantitative estimate of drug-likeness (QED) is 0.706. The maximum absolute atomic E-state index is 12.4. The van der Waals surface area contributed by atoms with Crippen LogP contribution in [0.25, 0.3) is 0 Å². The number of hydrogen-bond acceptors (Lipinski definition) is 3. The van der Waals surface area contributed by atoms with Crippen molar-refractivity contribution in [1.82, 2.24) is 14.7 Å². The molecular formula is C20H29ClN4O. The minimum atomic E-state index is -0.0653. The molecule has 1 heterocycles. The van der Waals surface area contributed by atoms with Crippen molar-refractivity contribution in [3.63, 3.8) is 0 Å². The molecule has 2 rings (SSSR count). The highest BCUT2D eigenvalue weighted by Gasteiger charge is 2.21. The number of carbonyl (C=O) groups excluding carboxylic acids is 1. The van der Waals surface area contributed by atoms with Crippen LogP contribution in [0.1, 0.15) is 5.56 Å². The van der Waals surface area contributed by atoms with Crippen molar-refractivity contribution < 1.29 is 4.79 Å². The van der Waals surface area contributed by atoms with Crippen LogP contribution in [0, 0.1) is 6.92 Å². The van der Waals surface area contributed by atoms with E-state index in [0.29, 0.717) is 5.02 Å². The summed E-state index contributed by atoms with van der Waals surface area (Å²) in [5.74, 6) is 0. The van der Waals surface area contributed by atoms with Gasteiger partial charge in [0, 0.05) is 63.1 Å². The van der Waals surface area contributed by atoms with Crippen LogP contribution < -0.4 is 5.32 Å². The molecule has 1 N–H and O–H groups in total. The number of hydrogen-bond donors (Lipinski definition) is 1. The molecule has 1 aliphatic heterocycles. The molecule has 5 nitrogen and oxygen atoms in total. The third-order valence-corrected chi connectivity index (χ3v) is 5.00. The van der Waals surface area contributed by atoms with Crippen molar-refractivity contribution in [2.45, 2.75) is 6.92 Å². The zero-order valence-electron chi connectivity index (χ0n) is 15.6. The van der Waals surface area contributed by atoms with Gasteiger partial charge in [0.05, 0.1) is 0 Å². The molecule has 6 heteroatoms. The number of halogens is 1. The predicted octanol–water partition coefficient (Wildman–Crippen LogP) is 3.47. The molecule has 0 spiro atoms. The Morgan fingerprint density at radius 3 is 2.46 bits per heavy atom. The van der Waals surface area contributed by atoms with Gasteiger partial charge in [0.2, 0.25) is 0 Å². The van der Waals surface area contributed by atoms with Gasteiger partial charge in [-0.3, -0.25) is 9.80 Å². The van der Waals surface area contributed by atoms with Gasteiger partial charge in [-0.2, -0.15) is 0 Å². The molecule has 1 aromatic rings. The Kier molecular flexibility index (Phi) is 8.16. The lowest BCUT2D eigenvalue weighted by Crippen LogP contribution is -2.51. The van der Waals surface area contributed by atoms with Gasteiger partial charge < -0.3 is 10.2 Å². The summed E-state index contributed by atoms with van der Waals surface area (Å²) in [6.45, 7) is 16.5. The number of benzene rings is 1. The fourth-order valence-corrected chi connectivity index (χ4v) is 3.13. The maximum atomic E-state index is 12.4. The van der Waals surface area contributed by atoms with Crippen LogP contribution in [-0.4, -0.2) is 73.1 Å². The lowest BCUT2D eigenvalue weighted by Gasteiger charge is -2.35. The lowest BCUT2D eigenvalue weighted by atomic mass is 10.2. The molecule has 0 unspecified atom stereocenters. The minimum absolute atomic E-state index is 0.0653. The van der Waals surface area contributed by atoms with Gasteiger partial charge in [0.15, 0.2) is 0 Å². The standard InChI is InChI=1S/C20H29ClN4O/c1-4-8-23(9-5-2)10-11-24-12-14-25(15-13-24)20(26)22-18-7-6-17(3)19(21)16-18/h4-7,16H,1-2,8-15H2,3H3,(H,22,26). The first-order valence-corrected chi connectivity index (χ1v) is 9.40. The number of urea groups is 1. The molecule has 26 heavy (non-hydrogen) atoms. The minimum Gasteiger partial charge on any atom is -0.322 e. The Morgan fingerprint density at radius 2 is 1.88 bits per heavy atom. The fraction of sp³-hybridized carbons (Fsp3) is 0.450. The van der Waals surface area contributed by atoms with E-state index in [2.05, 4.69) is 28.3 Å². The number of anilines is 1. The molecule has 1 aromatic carbocycles. The average molecular weight is 377 g/mol. The number of aryl methyl sites for hydroxylation is 1. The second kappa shape index (κ2) is 10.4. The van der Waals surface area contributed by atoms with Gasteiger partial charge in [0.25, 0.3) is 0 Å². The second-order valence-electron chi connectivity index (χ2n) is 6.56. The van der Waals surface area contributed by atoms with Gasteiger partial charge in [-0.05, 0) is 24.6 Å². The number of amides is 2. The molecule has 2 amide bonds. The Bertz CT molecular complexity index is 616. The molecule has 0 saturated carbocycles. The van der Waals surface area contributed by atoms with Crippen LogP contribution in [0.2, 0.25) is 5.02 Å². The van der Waals surface area contributed by atoms with Crippen molar-refractivity contribution in [1.29, 1.82) is 0 Å². The third kappa shape index (κ3) is 6.16. The zero-order chi connectivity index (χ0) is 18.9. The summed E-state index contributed by atoms with van der Waals surface area (Å²) >= 11 is 6.12. The monoisotopic (exact) mass is 376 g/mol. The molecule has 1 fully saturated rings. The zero-order valence-corrected chi connectivity index (χ0v) is 16.3. The van der Waals surface area contributed by atoms with E-state index in [1.54, 1.807) is 6.07 Å². The molecule has 0 aliphatic carbocycles. The van der Waals surface area contributed by atoms with E-state index in [1.165, 1.54) is 0 Å². The van der Waals surface area contributed by atoms with E-state index in [-0.39, 0.29) is 6.03 Å². The number of nitrogens with zero attached hydrogens (tertiary/aromatic N) is 3. The van der Waals surface area contributed by atoms with Crippen molar-refractivity contribution in [2.24, 2.45) is 0 Å². The van der Waals surface area contributed by atoms with E-state index in [1.807, 2.05) is 36.1 Å². The van der Waals surface area contributed by atoms with E-state index in [4.69, 9.17) is 11.6 Å². The maximum Gasteiger partial charge on any atom is 0.321 e. The van der Waals surface area contributed by atoms with E-state index < -0.39 is 0 Å². The lowest BCUT2D eigenvalue weighted by molar-refractivity contribution is 0.137. The van der Waals surface area contributed by atoms with Crippen LogP contribution in [0.5, 0.6) is 0 Å². The number of piperazine rings is 1. The van der Waals surface area contributed by atoms with Crippen molar-refractivity contribution >= 4 is 23.3 Å². The molecule has 1 saturated heterocycles. The summed E-state index contributed by atoms with van der Waals surface area (Å²) in [6, 6.07) is 5.51. The first-order chi connectivity index (χ1) is 12.5. The van der Waals surface area contributed by atoms with Crippen LogP contribution in [-0.2, 0) is 0 Å². The second-order valence-corrected chi connectivity index (χ2v) is 6.97. The fourth-order valence-electron chi connectivity index (χ4n) is 2.95. The highest BCUT2D eigenvalue weighted by atomic mass is 35.5. The summed E-state index contributed by atoms with van der Waals surface area (Å²) in [7, 11) is 0. The van der Waals surface area contributed by atoms with Crippen molar-refractivity contribution in [2.75, 3.05) is 57.7 Å². The summed E-state index contributed by atoms with van der Waals surface area (Å²) in [6.07, 6.45) is 3.84. The highest BCUT2D eigenvalue weighted by Crippen LogP contribution is 2.20. The number of nitrogens with one attached hydrogen (secondary N) is 1. The largest absolute Gasteiger partial charge is 0.322 e. The van der Waals surface area contributed by atoms with Crippen LogP contribution in [0.3, 0.4) is 0 Å². The SMILES string of the molecule is C=CCN(CC=C)CCN1CCN(C(=O)Nc2ccc(C)c(Cl)c2)CC1. The molecular weight excluding hydrogens is 348 g/mol. The molecule has 1 aliphatic rings. The molecule has 0 aromatic heterocycles. The number of rotatable bonds is 8. The average Bonchev–Trinajstić information content (AvgIpc) is 2.63. The van der Waals surface area contributed by atoms with Crippen molar-refractivity contribution in [3.05, 3.63) is 54.1 Å². The first kappa shape index (κ1) is 20.5. The number of carbonyl (C=O) groups is 1. The normalized spacial score (nSPS) is 15.1. The van der Waals surface area contributed by atoms with E-state index in [0.717, 1.165) is 63.6 Å². The van der Waals surface area contributed by atoms with Crippen LogP contribution in [0.15, 0.2) is 43.5 Å². The Hall–Kier alpha value is -1.82. The topological polar surface area (TPSA) is 38.8 Å². The van der Waals surface area contributed by atoms with E-state index >= 15 is 0 Å². The Balaban J connectivity index is 1.76. The Morgan fingerprint density at radius 1 is 1.23 bits per heavy atom. The van der Waals surface area contributed by atoms with Gasteiger partial charge in [-0.1, -0.05) is 29.8 Å². The van der Waals surface area contributed by atoms with Crippen LogP contribution >= 0.6 is 11.6 Å². The van der Waals surface area contributed by atoms with Gasteiger partial charge in [0.1, 0.15) is 0 Å². The molecule has 0 radical (unpaired) electrons. The predicted molar refractivity (Wildman–Crippen MR) is 110 cm³/mol. The summed E-state index contributed by atoms with van der Waals surface area (Å²) in [5.41, 5.74) is 1.73. The summed E-state index contributed by atoms with van der Waals surface area (Å²) < 4.78 is 0. The molecule has 0 atom stereocenters. The van der Waals surface area contributed by atoms with Crippen LogP contribution in [0.4, 0.5) is 10.5 Å². The first-order valence-electron chi connectivity index (χ1n) is 9.02. The smallest absolute Gasteiger partial charge is 0.321 e. The van der Waals surface area contributed by atoms with Gasteiger partial charge in [-0.25, -0.2) is 4.79 Å². The van der Waals surface area contributed by atoms with Gasteiger partial charge in [-0.15, -0.1) is 13.2 Å². The third-order valence-electron chi connectivity index (χ3n) is 4.59.